The summed E-state index contributed by atoms with van der Waals surface area (Å²) in [5, 5.41) is 3.80. The van der Waals surface area contributed by atoms with Crippen LogP contribution in [0.25, 0.3) is 0 Å². The third kappa shape index (κ3) is 4.62. The summed E-state index contributed by atoms with van der Waals surface area (Å²) < 4.78 is 13.0. The standard InChI is InChI=1S/C38H34N2O3/c1-3-40(4-2)29-20-21-32-36(25-29)42-35-22-19-28(24-33(35)38(32)31-18-12-11-17-30(31)37(41)43-38)39-34(27-15-9-6-10-16-27)23-26-13-7-5-8-14-26/h5-22,24-25,34,39H,3-4,23H2,1-2H3. The molecule has 214 valence electrons. The molecule has 2 aliphatic rings. The number of nitrogens with zero attached hydrogens (tertiary/aromatic N) is 1. The van der Waals surface area contributed by atoms with Gasteiger partial charge in [0.2, 0.25) is 0 Å². The Labute approximate surface area is 252 Å². The minimum atomic E-state index is -1.11. The molecular weight excluding hydrogens is 532 g/mol. The average molecular weight is 567 g/mol. The molecule has 2 aliphatic heterocycles. The van der Waals surface area contributed by atoms with Crippen LogP contribution in [0.1, 0.15) is 58.1 Å². The van der Waals surface area contributed by atoms with Crippen LogP contribution in [0, 0.1) is 0 Å². The molecule has 0 bridgehead atoms. The highest BCUT2D eigenvalue weighted by Gasteiger charge is 2.53. The molecule has 7 rings (SSSR count). The predicted octanol–water partition coefficient (Wildman–Crippen LogP) is 8.50. The predicted molar refractivity (Wildman–Crippen MR) is 171 cm³/mol. The summed E-state index contributed by atoms with van der Waals surface area (Å²) >= 11 is 0. The molecule has 2 unspecified atom stereocenters. The highest BCUT2D eigenvalue weighted by molar-refractivity contribution is 5.97. The third-order valence-corrected chi connectivity index (χ3v) is 8.65. The van der Waals surface area contributed by atoms with E-state index in [4.69, 9.17) is 9.47 Å². The number of fused-ring (bicyclic) bond motifs is 6. The summed E-state index contributed by atoms with van der Waals surface area (Å²) in [4.78, 5) is 15.7. The molecule has 2 heterocycles. The van der Waals surface area contributed by atoms with Crippen LogP contribution in [-0.4, -0.2) is 19.1 Å². The monoisotopic (exact) mass is 566 g/mol. The summed E-state index contributed by atoms with van der Waals surface area (Å²) in [5.41, 5.74) is 6.39. The lowest BCUT2D eigenvalue weighted by atomic mass is 9.77. The van der Waals surface area contributed by atoms with Crippen LogP contribution >= 0.6 is 0 Å². The molecule has 0 aliphatic carbocycles. The van der Waals surface area contributed by atoms with E-state index >= 15 is 0 Å². The third-order valence-electron chi connectivity index (χ3n) is 8.65. The zero-order chi connectivity index (χ0) is 29.4. The number of esters is 1. The number of carbonyl (C=O) groups excluding carboxylic acids is 1. The smallest absolute Gasteiger partial charge is 0.340 e. The maximum absolute atomic E-state index is 13.4. The Hall–Kier alpha value is -5.03. The minimum Gasteiger partial charge on any atom is -0.456 e. The number of rotatable bonds is 8. The van der Waals surface area contributed by atoms with Crippen molar-refractivity contribution in [2.24, 2.45) is 0 Å². The number of benzene rings is 5. The van der Waals surface area contributed by atoms with Gasteiger partial charge in [-0.15, -0.1) is 0 Å². The number of carbonyl (C=O) groups is 1. The van der Waals surface area contributed by atoms with Gasteiger partial charge < -0.3 is 19.7 Å². The number of nitrogens with one attached hydrogen (secondary N) is 1. The Morgan fingerprint density at radius 3 is 2.21 bits per heavy atom. The van der Waals surface area contributed by atoms with Gasteiger partial charge in [-0.25, -0.2) is 4.79 Å². The van der Waals surface area contributed by atoms with Gasteiger partial charge in [0.15, 0.2) is 5.60 Å². The molecule has 1 spiro atoms. The molecule has 5 nitrogen and oxygen atoms in total. The first-order chi connectivity index (χ1) is 21.1. The molecular formula is C38H34N2O3. The topological polar surface area (TPSA) is 50.8 Å². The number of hydrogen-bond acceptors (Lipinski definition) is 5. The fourth-order valence-electron chi connectivity index (χ4n) is 6.53. The zero-order valence-electron chi connectivity index (χ0n) is 24.4. The van der Waals surface area contributed by atoms with Crippen LogP contribution in [0.2, 0.25) is 0 Å². The molecule has 2 atom stereocenters. The Balaban J connectivity index is 1.35. The molecule has 5 heteroatoms. The fourth-order valence-corrected chi connectivity index (χ4v) is 6.53. The van der Waals surface area contributed by atoms with E-state index in [0.717, 1.165) is 47.6 Å². The molecule has 0 aromatic heterocycles. The average Bonchev–Trinajstić information content (AvgIpc) is 3.35. The van der Waals surface area contributed by atoms with E-state index in [1.54, 1.807) is 0 Å². The van der Waals surface area contributed by atoms with Crippen molar-refractivity contribution in [2.45, 2.75) is 31.9 Å². The van der Waals surface area contributed by atoms with Crippen molar-refractivity contribution in [2.75, 3.05) is 23.3 Å². The SMILES string of the molecule is CCN(CC)c1ccc2c(c1)Oc1ccc(NC(Cc3ccccc3)c3ccccc3)cc1C21OC(=O)c2ccccc21. The molecule has 43 heavy (non-hydrogen) atoms. The Morgan fingerprint density at radius 2 is 1.44 bits per heavy atom. The molecule has 0 saturated heterocycles. The lowest BCUT2D eigenvalue weighted by Gasteiger charge is -2.37. The van der Waals surface area contributed by atoms with E-state index in [1.165, 1.54) is 11.1 Å². The van der Waals surface area contributed by atoms with Gasteiger partial charge in [-0.1, -0.05) is 78.9 Å². The van der Waals surface area contributed by atoms with Gasteiger partial charge in [0.1, 0.15) is 11.5 Å². The van der Waals surface area contributed by atoms with Gasteiger partial charge in [-0.2, -0.15) is 0 Å². The lowest BCUT2D eigenvalue weighted by Crippen LogP contribution is -2.33. The second kappa shape index (κ2) is 11.0. The fraction of sp³-hybridized carbons (Fsp3) is 0.184. The highest BCUT2D eigenvalue weighted by atomic mass is 16.6. The van der Waals surface area contributed by atoms with Gasteiger partial charge in [0.25, 0.3) is 0 Å². The van der Waals surface area contributed by atoms with Crippen molar-refractivity contribution >= 4 is 17.3 Å². The Bertz CT molecular complexity index is 1780. The van der Waals surface area contributed by atoms with E-state index in [1.807, 2.05) is 42.5 Å². The van der Waals surface area contributed by atoms with E-state index in [2.05, 4.69) is 103 Å². The number of hydrogen-bond donors (Lipinski definition) is 1. The summed E-state index contributed by atoms with van der Waals surface area (Å²) in [7, 11) is 0. The molecule has 0 fully saturated rings. The van der Waals surface area contributed by atoms with Crippen LogP contribution in [-0.2, 0) is 16.8 Å². The van der Waals surface area contributed by atoms with Gasteiger partial charge in [0.05, 0.1) is 11.6 Å². The normalized spacial score (nSPS) is 16.8. The van der Waals surface area contributed by atoms with E-state index < -0.39 is 5.60 Å². The van der Waals surface area contributed by atoms with Crippen LogP contribution in [0.15, 0.2) is 121 Å². The first kappa shape index (κ1) is 26.8. The van der Waals surface area contributed by atoms with Crippen LogP contribution in [0.5, 0.6) is 11.5 Å². The van der Waals surface area contributed by atoms with E-state index in [0.29, 0.717) is 17.1 Å². The van der Waals surface area contributed by atoms with Crippen LogP contribution in [0.3, 0.4) is 0 Å². The number of anilines is 2. The Morgan fingerprint density at radius 1 is 0.721 bits per heavy atom. The first-order valence-corrected chi connectivity index (χ1v) is 15.0. The van der Waals surface area contributed by atoms with E-state index in [9.17, 15) is 4.79 Å². The molecule has 0 radical (unpaired) electrons. The van der Waals surface area contributed by atoms with Gasteiger partial charge >= 0.3 is 5.97 Å². The second-order valence-corrected chi connectivity index (χ2v) is 11.1. The van der Waals surface area contributed by atoms with Crippen molar-refractivity contribution in [1.82, 2.24) is 0 Å². The van der Waals surface area contributed by atoms with Gasteiger partial charge in [-0.3, -0.25) is 0 Å². The molecule has 0 amide bonds. The van der Waals surface area contributed by atoms with Crippen molar-refractivity contribution in [3.63, 3.8) is 0 Å². The van der Waals surface area contributed by atoms with Gasteiger partial charge in [-0.05, 0) is 67.8 Å². The largest absolute Gasteiger partial charge is 0.456 e. The zero-order valence-corrected chi connectivity index (χ0v) is 24.4. The summed E-state index contributed by atoms with van der Waals surface area (Å²) in [5.74, 6) is 1.05. The summed E-state index contributed by atoms with van der Waals surface area (Å²) in [6.45, 7) is 6.06. The van der Waals surface area contributed by atoms with Crippen molar-refractivity contribution in [1.29, 1.82) is 0 Å². The minimum absolute atomic E-state index is 0.0319. The first-order valence-electron chi connectivity index (χ1n) is 15.0. The Kier molecular flexibility index (Phi) is 6.86. The van der Waals surface area contributed by atoms with Crippen molar-refractivity contribution < 1.29 is 14.3 Å². The maximum atomic E-state index is 13.4. The summed E-state index contributed by atoms with van der Waals surface area (Å²) in [6.07, 6.45) is 0.818. The van der Waals surface area contributed by atoms with Crippen molar-refractivity contribution in [3.05, 3.63) is 155 Å². The number of ether oxygens (including phenoxy) is 2. The second-order valence-electron chi connectivity index (χ2n) is 11.1. The van der Waals surface area contributed by atoms with Crippen molar-refractivity contribution in [3.8, 4) is 11.5 Å². The molecule has 5 aromatic rings. The summed E-state index contributed by atoms with van der Waals surface area (Å²) in [6, 6.07) is 41.1. The molecule has 5 aromatic carbocycles. The lowest BCUT2D eigenvalue weighted by molar-refractivity contribution is 0.0224. The molecule has 0 saturated carbocycles. The molecule has 1 N–H and O–H groups in total. The van der Waals surface area contributed by atoms with Crippen LogP contribution in [0.4, 0.5) is 11.4 Å². The highest BCUT2D eigenvalue weighted by Crippen LogP contribution is 2.57. The quantitative estimate of drug-likeness (QED) is 0.191. The van der Waals surface area contributed by atoms with Crippen LogP contribution < -0.4 is 15.0 Å². The van der Waals surface area contributed by atoms with Gasteiger partial charge in [0, 0.05) is 47.2 Å². The maximum Gasteiger partial charge on any atom is 0.340 e. The van der Waals surface area contributed by atoms with E-state index in [-0.39, 0.29) is 12.0 Å².